The zero-order valence-corrected chi connectivity index (χ0v) is 20.2. The number of unbranched alkanes of at least 4 members (excludes halogenated alkanes) is 2. The van der Waals surface area contributed by atoms with Crippen LogP contribution in [0.2, 0.25) is 10.0 Å². The van der Waals surface area contributed by atoms with Gasteiger partial charge in [-0.05, 0) is 57.9 Å². The summed E-state index contributed by atoms with van der Waals surface area (Å²) in [6, 6.07) is 7.98. The smallest absolute Gasteiger partial charge is 0.135 e. The fourth-order valence-corrected chi connectivity index (χ4v) is 4.27. The van der Waals surface area contributed by atoms with Gasteiger partial charge in [0.2, 0.25) is 0 Å². The van der Waals surface area contributed by atoms with E-state index < -0.39 is 0 Å². The number of aromatic nitrogens is 3. The molecule has 30 heavy (non-hydrogen) atoms. The van der Waals surface area contributed by atoms with Gasteiger partial charge < -0.3 is 4.90 Å². The van der Waals surface area contributed by atoms with Crippen LogP contribution in [0.1, 0.15) is 65.1 Å². The molecule has 0 unspecified atom stereocenters. The molecule has 3 aromatic rings. The fourth-order valence-electron chi connectivity index (χ4n) is 3.78. The molecule has 162 valence electrons. The predicted octanol–water partition coefficient (Wildman–Crippen LogP) is 7.70. The molecule has 0 spiro atoms. The summed E-state index contributed by atoms with van der Waals surface area (Å²) in [6.07, 6.45) is 4.66. The summed E-state index contributed by atoms with van der Waals surface area (Å²) in [5.41, 5.74) is 5.88. The Hall–Kier alpha value is -1.78. The molecule has 0 bridgehead atoms. The van der Waals surface area contributed by atoms with Gasteiger partial charge >= 0.3 is 0 Å². The van der Waals surface area contributed by atoms with E-state index in [1.807, 2.05) is 16.8 Å². The largest absolute Gasteiger partial charge is 0.370 e. The maximum absolute atomic E-state index is 6.61. The maximum Gasteiger partial charge on any atom is 0.135 e. The average Bonchev–Trinajstić information content (AvgIpc) is 3.07. The molecule has 2 aromatic heterocycles. The van der Waals surface area contributed by atoms with Crippen molar-refractivity contribution in [2.24, 2.45) is 0 Å². The number of halogens is 2. The molecule has 0 aliphatic rings. The summed E-state index contributed by atoms with van der Waals surface area (Å²) >= 11 is 12.8. The minimum absolute atomic E-state index is 0.175. The molecule has 0 atom stereocenters. The number of rotatable bonds is 9. The molecule has 4 nitrogen and oxygen atoms in total. The van der Waals surface area contributed by atoms with Crippen LogP contribution in [0.25, 0.3) is 22.3 Å². The van der Waals surface area contributed by atoms with E-state index in [-0.39, 0.29) is 6.04 Å². The second kappa shape index (κ2) is 10.0. The molecule has 0 saturated heterocycles. The van der Waals surface area contributed by atoms with Crippen molar-refractivity contribution in [3.63, 3.8) is 0 Å². The predicted molar refractivity (Wildman–Crippen MR) is 130 cm³/mol. The van der Waals surface area contributed by atoms with Gasteiger partial charge in [0.25, 0.3) is 0 Å². The van der Waals surface area contributed by atoms with Crippen LogP contribution in [0.3, 0.4) is 0 Å². The average molecular weight is 447 g/mol. The van der Waals surface area contributed by atoms with Crippen LogP contribution < -0.4 is 4.90 Å². The molecule has 0 amide bonds. The normalized spacial score (nSPS) is 11.6. The van der Waals surface area contributed by atoms with E-state index in [4.69, 9.17) is 33.3 Å². The number of anilines is 1. The van der Waals surface area contributed by atoms with Gasteiger partial charge in [0, 0.05) is 35.4 Å². The van der Waals surface area contributed by atoms with E-state index in [0.717, 1.165) is 53.9 Å². The molecule has 0 saturated carbocycles. The van der Waals surface area contributed by atoms with Crippen molar-refractivity contribution in [3.8, 4) is 11.3 Å². The third kappa shape index (κ3) is 4.76. The Labute approximate surface area is 190 Å². The second-order valence-corrected chi connectivity index (χ2v) is 9.03. The number of fused-ring (bicyclic) bond motifs is 1. The number of benzene rings is 1. The highest BCUT2D eigenvalue weighted by atomic mass is 35.5. The lowest BCUT2D eigenvalue weighted by molar-refractivity contribution is 0.543. The topological polar surface area (TPSA) is 34.0 Å². The summed E-state index contributed by atoms with van der Waals surface area (Å²) in [6.45, 7) is 12.9. The quantitative estimate of drug-likeness (QED) is 0.337. The highest BCUT2D eigenvalue weighted by Gasteiger charge is 2.23. The first kappa shape index (κ1) is 22.9. The Balaban J connectivity index is 2.27. The van der Waals surface area contributed by atoms with E-state index in [2.05, 4.69) is 45.6 Å². The van der Waals surface area contributed by atoms with Crippen LogP contribution in [0, 0.1) is 6.92 Å². The summed E-state index contributed by atoms with van der Waals surface area (Å²) in [7, 11) is 0. The van der Waals surface area contributed by atoms with Gasteiger partial charge in [0.15, 0.2) is 0 Å². The molecule has 3 rings (SSSR count). The number of pyridine rings is 1. The van der Waals surface area contributed by atoms with Crippen molar-refractivity contribution in [2.75, 3.05) is 18.0 Å². The van der Waals surface area contributed by atoms with Crippen molar-refractivity contribution in [2.45, 2.75) is 66.3 Å². The molecule has 0 aliphatic heterocycles. The van der Waals surface area contributed by atoms with Crippen LogP contribution in [0.5, 0.6) is 0 Å². The van der Waals surface area contributed by atoms with Crippen molar-refractivity contribution in [1.82, 2.24) is 14.8 Å². The van der Waals surface area contributed by atoms with Crippen LogP contribution >= 0.6 is 23.2 Å². The highest BCUT2D eigenvalue weighted by molar-refractivity contribution is 6.36. The molecule has 2 heterocycles. The van der Waals surface area contributed by atoms with Crippen molar-refractivity contribution in [1.29, 1.82) is 0 Å². The Kier molecular flexibility index (Phi) is 7.65. The van der Waals surface area contributed by atoms with Gasteiger partial charge in [-0.3, -0.25) is 4.68 Å². The lowest BCUT2D eigenvalue weighted by atomic mass is 10.1. The molecule has 0 fully saturated rings. The highest BCUT2D eigenvalue weighted by Crippen LogP contribution is 2.39. The van der Waals surface area contributed by atoms with E-state index in [9.17, 15) is 0 Å². The first-order valence-corrected chi connectivity index (χ1v) is 11.7. The molecular formula is C24H32Cl2N4. The van der Waals surface area contributed by atoms with Crippen LogP contribution in [-0.4, -0.2) is 27.9 Å². The minimum atomic E-state index is 0.175. The molecule has 1 aromatic carbocycles. The standard InChI is InChI=1S/C24H32Cl2N4/c1-6-8-12-29(13-9-7-2)21-14-17(5)27-23-22(21)28-30(16(3)4)24(23)19-11-10-18(25)15-20(19)26/h10-11,14-16H,6-9,12-13H2,1-5H3. The number of hydrogen-bond donors (Lipinski definition) is 0. The maximum atomic E-state index is 6.61. The Morgan fingerprint density at radius 1 is 1.00 bits per heavy atom. The third-order valence-corrected chi connectivity index (χ3v) is 5.89. The van der Waals surface area contributed by atoms with Gasteiger partial charge in [-0.25, -0.2) is 4.98 Å². The van der Waals surface area contributed by atoms with E-state index in [1.165, 1.54) is 18.5 Å². The lowest BCUT2D eigenvalue weighted by Gasteiger charge is -2.25. The van der Waals surface area contributed by atoms with E-state index in [1.54, 1.807) is 6.07 Å². The van der Waals surface area contributed by atoms with Crippen LogP contribution in [0.4, 0.5) is 5.69 Å². The minimum Gasteiger partial charge on any atom is -0.370 e. The lowest BCUT2D eigenvalue weighted by Crippen LogP contribution is -2.26. The molecule has 0 radical (unpaired) electrons. The molecule has 0 N–H and O–H groups in total. The van der Waals surface area contributed by atoms with E-state index in [0.29, 0.717) is 10.0 Å². The number of aryl methyl sites for hydroxylation is 1. The first-order chi connectivity index (χ1) is 14.4. The zero-order valence-electron chi connectivity index (χ0n) is 18.7. The SMILES string of the molecule is CCCCN(CCCC)c1cc(C)nc2c(-c3ccc(Cl)cc3Cl)n(C(C)C)nc12. The summed E-state index contributed by atoms with van der Waals surface area (Å²) in [4.78, 5) is 7.40. The van der Waals surface area contributed by atoms with Gasteiger partial charge in [0.05, 0.1) is 16.4 Å². The number of hydrogen-bond acceptors (Lipinski definition) is 3. The number of nitrogens with zero attached hydrogens (tertiary/aromatic N) is 4. The summed E-state index contributed by atoms with van der Waals surface area (Å²) < 4.78 is 2.05. The van der Waals surface area contributed by atoms with Gasteiger partial charge in [-0.1, -0.05) is 49.9 Å². The summed E-state index contributed by atoms with van der Waals surface area (Å²) in [5, 5.41) is 6.29. The molecule has 0 aliphatic carbocycles. The third-order valence-electron chi connectivity index (χ3n) is 5.34. The Bertz CT molecular complexity index is 1000. The van der Waals surface area contributed by atoms with Crippen LogP contribution in [-0.2, 0) is 0 Å². The second-order valence-electron chi connectivity index (χ2n) is 8.19. The monoisotopic (exact) mass is 446 g/mol. The molecular weight excluding hydrogens is 415 g/mol. The van der Waals surface area contributed by atoms with E-state index >= 15 is 0 Å². The first-order valence-electron chi connectivity index (χ1n) is 11.0. The van der Waals surface area contributed by atoms with Gasteiger partial charge in [-0.2, -0.15) is 5.10 Å². The van der Waals surface area contributed by atoms with Crippen molar-refractivity contribution in [3.05, 3.63) is 40.0 Å². The zero-order chi connectivity index (χ0) is 21.8. The van der Waals surface area contributed by atoms with Crippen LogP contribution in [0.15, 0.2) is 24.3 Å². The Morgan fingerprint density at radius 3 is 2.23 bits per heavy atom. The Morgan fingerprint density at radius 2 is 1.67 bits per heavy atom. The summed E-state index contributed by atoms with van der Waals surface area (Å²) in [5.74, 6) is 0. The molecule has 6 heteroatoms. The van der Waals surface area contributed by atoms with Crippen molar-refractivity contribution >= 4 is 39.9 Å². The van der Waals surface area contributed by atoms with Gasteiger partial charge in [-0.15, -0.1) is 0 Å². The van der Waals surface area contributed by atoms with Gasteiger partial charge in [0.1, 0.15) is 11.0 Å². The van der Waals surface area contributed by atoms with Crippen molar-refractivity contribution < 1.29 is 0 Å². The fraction of sp³-hybridized carbons (Fsp3) is 0.500.